The van der Waals surface area contributed by atoms with Crippen LogP contribution in [-0.4, -0.2) is 69.5 Å². The number of nitrogens with zero attached hydrogens (tertiary/aromatic N) is 2. The van der Waals surface area contributed by atoms with Crippen LogP contribution in [0.15, 0.2) is 133 Å². The Morgan fingerprint density at radius 2 is 0.833 bits per heavy atom. The predicted octanol–water partition coefficient (Wildman–Crippen LogP) is 6.49. The molecule has 0 amide bonds. The Balaban J connectivity index is 0.000000416. The zero-order valence-corrected chi connectivity index (χ0v) is 39.3. The molecular weight excluding hydrogens is 926 g/mol. The Hall–Kier alpha value is -3.72. The normalized spacial score (nSPS) is 15.4. The first-order valence-electron chi connectivity index (χ1n) is 18.8. The van der Waals surface area contributed by atoms with Crippen LogP contribution in [0.1, 0.15) is 13.8 Å². The van der Waals surface area contributed by atoms with Gasteiger partial charge in [-0.15, -0.1) is 0 Å². The van der Waals surface area contributed by atoms with Gasteiger partial charge in [0, 0.05) is 35.8 Å². The second-order valence-electron chi connectivity index (χ2n) is 13.4. The second-order valence-corrected chi connectivity index (χ2v) is 20.4. The number of hydrogen-bond donors (Lipinski definition) is 2. The quantitative estimate of drug-likeness (QED) is 0.0978. The van der Waals surface area contributed by atoms with Gasteiger partial charge in [0.15, 0.2) is 5.79 Å². The average molecular weight is 977 g/mol. The summed E-state index contributed by atoms with van der Waals surface area (Å²) in [6.07, 6.45) is -0.0926. The molecule has 0 spiro atoms. The summed E-state index contributed by atoms with van der Waals surface area (Å²) in [5.74, 6) is 1.26. The summed E-state index contributed by atoms with van der Waals surface area (Å²) in [7, 11) is 14.0. The van der Waals surface area contributed by atoms with E-state index in [2.05, 4.69) is 97.1 Å². The molecule has 7 rings (SSSR count). The Labute approximate surface area is 371 Å². The average Bonchev–Trinajstić information content (AvgIpc) is 3.61. The van der Waals surface area contributed by atoms with E-state index in [1.807, 2.05) is 50.2 Å². The number of aromatic nitrogens is 2. The minimum absolute atomic E-state index is 0.0463. The fraction of sp³-hybridized carbons (Fsp3) is 0.244. The van der Waals surface area contributed by atoms with E-state index < -0.39 is 21.6 Å². The van der Waals surface area contributed by atoms with E-state index in [0.717, 1.165) is 21.7 Å². The molecule has 318 valence electrons. The number of halogens is 2. The Kier molecular flexibility index (Phi) is 18.5. The molecule has 1 aliphatic rings. The summed E-state index contributed by atoms with van der Waals surface area (Å²) in [6.45, 7) is 4.66. The molecule has 10 nitrogen and oxygen atoms in total. The molecule has 1 saturated heterocycles. The summed E-state index contributed by atoms with van der Waals surface area (Å²) in [5.41, 5.74) is 12.5. The minimum atomic E-state index is -1.11. The van der Waals surface area contributed by atoms with E-state index in [9.17, 15) is 0 Å². The van der Waals surface area contributed by atoms with Gasteiger partial charge in [0.05, 0.1) is 39.6 Å². The molecule has 2 unspecified atom stereocenters. The van der Waals surface area contributed by atoms with E-state index in [1.54, 1.807) is 28.4 Å². The van der Waals surface area contributed by atoms with Crippen molar-refractivity contribution in [3.05, 3.63) is 133 Å². The third-order valence-electron chi connectivity index (χ3n) is 9.23. The molecule has 3 heterocycles. The van der Waals surface area contributed by atoms with Gasteiger partial charge in [0.1, 0.15) is 12.2 Å². The van der Waals surface area contributed by atoms with Crippen LogP contribution >= 0.6 is 35.2 Å². The number of nitrogens with two attached hydrogens (primary N) is 2. The maximum atomic E-state index is 6.12. The molecule has 0 aliphatic carbocycles. The van der Waals surface area contributed by atoms with Crippen LogP contribution in [0, 0.1) is 0 Å². The first kappa shape index (κ1) is 47.3. The molecular formula is C45H50Cl2N4O6P2Ru. The van der Waals surface area contributed by atoms with Gasteiger partial charge in [0.25, 0.3) is 0 Å². The Bertz CT molecular complexity index is 1990. The third kappa shape index (κ3) is 11.8. The molecule has 2 atom stereocenters. The van der Waals surface area contributed by atoms with Crippen molar-refractivity contribution in [2.75, 3.05) is 41.5 Å². The SMILES string of the molecule is CC1(C)OC(CN)C(CN)O1.COc1cc(P(c2ccccc2)c2ccccc2)c(-c2c(P(c3ccccc3)c3ccccc3)cc(OC)nc2OC)c(OC)n1.[Cl][Ru][Cl]. The summed E-state index contributed by atoms with van der Waals surface area (Å²) in [4.78, 5) is 9.68. The van der Waals surface area contributed by atoms with E-state index in [0.29, 0.717) is 36.6 Å². The molecule has 1 aliphatic heterocycles. The number of rotatable bonds is 13. The molecule has 4 N–H and O–H groups in total. The van der Waals surface area contributed by atoms with E-state index in [-0.39, 0.29) is 27.4 Å². The van der Waals surface area contributed by atoms with Gasteiger partial charge in [-0.25, -0.2) is 0 Å². The molecule has 0 radical (unpaired) electrons. The second kappa shape index (κ2) is 23.5. The first-order valence-corrected chi connectivity index (χ1v) is 26.0. The van der Waals surface area contributed by atoms with Crippen molar-refractivity contribution in [1.29, 1.82) is 0 Å². The summed E-state index contributed by atoms with van der Waals surface area (Å²) >= 11 is -0.346. The molecule has 0 saturated carbocycles. The summed E-state index contributed by atoms with van der Waals surface area (Å²) in [5, 5.41) is 6.73. The summed E-state index contributed by atoms with van der Waals surface area (Å²) in [6, 6.07) is 46.2. The molecule has 0 bridgehead atoms. The van der Waals surface area contributed by atoms with Gasteiger partial charge < -0.3 is 39.9 Å². The topological polar surface area (TPSA) is 133 Å². The predicted molar refractivity (Wildman–Crippen MR) is 245 cm³/mol. The van der Waals surface area contributed by atoms with Crippen molar-refractivity contribution in [3.63, 3.8) is 0 Å². The molecule has 4 aromatic carbocycles. The molecule has 60 heavy (non-hydrogen) atoms. The number of benzene rings is 4. The molecule has 6 aromatic rings. The van der Waals surface area contributed by atoms with Crippen molar-refractivity contribution in [3.8, 4) is 34.6 Å². The van der Waals surface area contributed by atoms with Gasteiger partial charge in [-0.3, -0.25) is 0 Å². The van der Waals surface area contributed by atoms with Crippen LogP contribution in [0.25, 0.3) is 11.1 Å². The van der Waals surface area contributed by atoms with Gasteiger partial charge in [-0.05, 0) is 50.9 Å². The Morgan fingerprint density at radius 3 is 1.07 bits per heavy atom. The van der Waals surface area contributed by atoms with Crippen molar-refractivity contribution in [1.82, 2.24) is 9.97 Å². The van der Waals surface area contributed by atoms with Crippen molar-refractivity contribution in [2.24, 2.45) is 11.5 Å². The van der Waals surface area contributed by atoms with Crippen LogP contribution in [0.4, 0.5) is 0 Å². The van der Waals surface area contributed by atoms with Gasteiger partial charge in [-0.1, -0.05) is 121 Å². The third-order valence-corrected chi connectivity index (χ3v) is 14.2. The van der Waals surface area contributed by atoms with Crippen LogP contribution in [0.2, 0.25) is 0 Å². The number of hydrogen-bond acceptors (Lipinski definition) is 10. The maximum absolute atomic E-state index is 6.12. The monoisotopic (exact) mass is 976 g/mol. The van der Waals surface area contributed by atoms with Crippen LogP contribution in [0.5, 0.6) is 23.5 Å². The van der Waals surface area contributed by atoms with E-state index >= 15 is 0 Å². The van der Waals surface area contributed by atoms with Crippen LogP contribution in [-0.2, 0) is 24.6 Å². The van der Waals surface area contributed by atoms with Crippen LogP contribution in [0.3, 0.4) is 0 Å². The number of ether oxygens (including phenoxy) is 6. The van der Waals surface area contributed by atoms with Gasteiger partial charge in [-0.2, -0.15) is 9.97 Å². The van der Waals surface area contributed by atoms with Gasteiger partial charge in [0.2, 0.25) is 23.5 Å². The fourth-order valence-electron chi connectivity index (χ4n) is 6.77. The van der Waals surface area contributed by atoms with Gasteiger partial charge >= 0.3 is 34.5 Å². The first-order chi connectivity index (χ1) is 29.2. The zero-order valence-electron chi connectivity index (χ0n) is 34.3. The standard InChI is InChI=1S/C38H34N2O4P2.C7H16N2O2.2ClH.Ru/c1-41-33-25-31(45(27-17-9-5-10-18-27)28-19-11-6-12-20-28)35(37(39-33)43-3)36-32(26-34(42-2)40-38(36)44-4)46(29-21-13-7-14-22-29)30-23-15-8-16-24-30;1-7(2)10-5(3-8)6(4-9)11-7;;;/h5-26H,1-4H3;5-6H,3-4,8-9H2,1-2H3;2*1H;/q;;;;+2/p-2. The molecule has 2 aromatic heterocycles. The zero-order chi connectivity index (χ0) is 43.1. The van der Waals surface area contributed by atoms with E-state index in [1.165, 1.54) is 21.2 Å². The Morgan fingerprint density at radius 1 is 0.550 bits per heavy atom. The fourth-order valence-corrected chi connectivity index (χ4v) is 11.7. The molecule has 15 heteroatoms. The van der Waals surface area contributed by atoms with Crippen molar-refractivity contribution < 1.29 is 43.6 Å². The number of methoxy groups -OCH3 is 4. The summed E-state index contributed by atoms with van der Waals surface area (Å²) < 4.78 is 34.7. The van der Waals surface area contributed by atoms with Crippen molar-refractivity contribution in [2.45, 2.75) is 31.8 Å². The molecule has 1 fully saturated rings. The number of pyridine rings is 2. The van der Waals surface area contributed by atoms with E-state index in [4.69, 9.17) is 69.2 Å². The van der Waals surface area contributed by atoms with Crippen LogP contribution < -0.4 is 62.2 Å². The van der Waals surface area contributed by atoms with Crippen molar-refractivity contribution >= 4 is 67.1 Å².